The molecule has 1 aliphatic carbocycles. The average molecular weight is 184 g/mol. The van der Waals surface area contributed by atoms with E-state index in [-0.39, 0.29) is 12.2 Å². The smallest absolute Gasteiger partial charge is 0.427 e. The highest BCUT2D eigenvalue weighted by Gasteiger charge is 2.39. The molecule has 2 atom stereocenters. The minimum absolute atomic E-state index is 0.0211. The van der Waals surface area contributed by atoms with Gasteiger partial charge in [0.05, 0.1) is 0 Å². The Morgan fingerprint density at radius 3 is 2.38 bits per heavy atom. The number of carbonyl (C=O) groups is 1. The van der Waals surface area contributed by atoms with Crippen LogP contribution in [0.5, 0.6) is 0 Å². The van der Waals surface area contributed by atoms with Crippen LogP contribution in [0.25, 0.3) is 0 Å². The first-order valence-corrected chi connectivity index (χ1v) is 5.14. The largest absolute Gasteiger partial charge is 0.509 e. The molecule has 1 aliphatic heterocycles. The lowest BCUT2D eigenvalue weighted by molar-refractivity contribution is 0.0758. The minimum Gasteiger partial charge on any atom is -0.427 e. The molecular formula is C10H16O3. The molecule has 2 rings (SSSR count). The average Bonchev–Trinajstić information content (AvgIpc) is 2.47. The minimum atomic E-state index is -0.483. The molecule has 1 heterocycles. The zero-order valence-electron chi connectivity index (χ0n) is 7.99. The fourth-order valence-electron chi connectivity index (χ4n) is 2.40. The van der Waals surface area contributed by atoms with E-state index in [1.165, 1.54) is 32.1 Å². The summed E-state index contributed by atoms with van der Waals surface area (Å²) in [5.41, 5.74) is 0. The SMILES string of the molecule is CC1OC(=O)OC1C1CCCCC1. The number of hydrogen-bond donors (Lipinski definition) is 0. The van der Waals surface area contributed by atoms with Crippen LogP contribution in [0.3, 0.4) is 0 Å². The molecular weight excluding hydrogens is 168 g/mol. The van der Waals surface area contributed by atoms with Crippen LogP contribution >= 0.6 is 0 Å². The molecule has 1 saturated heterocycles. The molecule has 0 bridgehead atoms. The van der Waals surface area contributed by atoms with Crippen LogP contribution in [0.2, 0.25) is 0 Å². The molecule has 0 spiro atoms. The Morgan fingerprint density at radius 1 is 1.15 bits per heavy atom. The van der Waals surface area contributed by atoms with Crippen LogP contribution < -0.4 is 0 Å². The van der Waals surface area contributed by atoms with E-state index in [1.54, 1.807) is 0 Å². The normalized spacial score (nSPS) is 35.6. The standard InChI is InChI=1S/C10H16O3/c1-7-9(13-10(11)12-7)8-5-3-2-4-6-8/h7-9H,2-6H2,1H3. The van der Waals surface area contributed by atoms with Crippen molar-refractivity contribution in [3.63, 3.8) is 0 Å². The van der Waals surface area contributed by atoms with Crippen molar-refractivity contribution >= 4 is 6.16 Å². The quantitative estimate of drug-likeness (QED) is 0.587. The Kier molecular flexibility index (Phi) is 2.42. The van der Waals surface area contributed by atoms with Crippen molar-refractivity contribution in [1.82, 2.24) is 0 Å². The molecule has 2 unspecified atom stereocenters. The van der Waals surface area contributed by atoms with Crippen LogP contribution in [0.1, 0.15) is 39.0 Å². The van der Waals surface area contributed by atoms with Crippen LogP contribution in [-0.4, -0.2) is 18.4 Å². The monoisotopic (exact) mass is 184 g/mol. The summed E-state index contributed by atoms with van der Waals surface area (Å²) in [4.78, 5) is 10.9. The lowest BCUT2D eigenvalue weighted by Gasteiger charge is -2.26. The number of hydrogen-bond acceptors (Lipinski definition) is 3. The van der Waals surface area contributed by atoms with Gasteiger partial charge in [-0.25, -0.2) is 4.79 Å². The highest BCUT2D eigenvalue weighted by atomic mass is 16.8. The van der Waals surface area contributed by atoms with E-state index in [9.17, 15) is 4.79 Å². The highest BCUT2D eigenvalue weighted by molar-refractivity contribution is 5.62. The van der Waals surface area contributed by atoms with Gasteiger partial charge in [-0.15, -0.1) is 0 Å². The van der Waals surface area contributed by atoms with E-state index in [4.69, 9.17) is 9.47 Å². The van der Waals surface area contributed by atoms with Crippen molar-refractivity contribution < 1.29 is 14.3 Å². The predicted octanol–water partition coefficient (Wildman–Crippen LogP) is 2.49. The predicted molar refractivity (Wildman–Crippen MR) is 47.4 cm³/mol. The van der Waals surface area contributed by atoms with E-state index >= 15 is 0 Å². The van der Waals surface area contributed by atoms with Gasteiger partial charge in [0.15, 0.2) is 0 Å². The molecule has 3 heteroatoms. The molecule has 1 saturated carbocycles. The van der Waals surface area contributed by atoms with Gasteiger partial charge in [0.1, 0.15) is 12.2 Å². The van der Waals surface area contributed by atoms with Gasteiger partial charge in [0, 0.05) is 0 Å². The molecule has 0 aromatic heterocycles. The third kappa shape index (κ3) is 1.79. The molecule has 0 amide bonds. The molecule has 2 fully saturated rings. The Balaban J connectivity index is 1.95. The summed E-state index contributed by atoms with van der Waals surface area (Å²) in [5.74, 6) is 0.537. The lowest BCUT2D eigenvalue weighted by Crippen LogP contribution is -2.30. The molecule has 0 aromatic carbocycles. The molecule has 13 heavy (non-hydrogen) atoms. The Hall–Kier alpha value is -0.730. The second-order valence-corrected chi connectivity index (χ2v) is 4.05. The van der Waals surface area contributed by atoms with Gasteiger partial charge >= 0.3 is 6.16 Å². The van der Waals surface area contributed by atoms with Crippen molar-refractivity contribution in [2.24, 2.45) is 5.92 Å². The maximum Gasteiger partial charge on any atom is 0.509 e. The van der Waals surface area contributed by atoms with E-state index in [2.05, 4.69) is 0 Å². The van der Waals surface area contributed by atoms with Crippen molar-refractivity contribution in [3.8, 4) is 0 Å². The molecule has 2 aliphatic rings. The van der Waals surface area contributed by atoms with Gasteiger partial charge in [-0.1, -0.05) is 19.3 Å². The van der Waals surface area contributed by atoms with Crippen molar-refractivity contribution in [3.05, 3.63) is 0 Å². The van der Waals surface area contributed by atoms with Crippen LogP contribution in [0.4, 0.5) is 4.79 Å². The Bertz CT molecular complexity index is 196. The van der Waals surface area contributed by atoms with Crippen LogP contribution in [0.15, 0.2) is 0 Å². The number of ether oxygens (including phenoxy) is 2. The lowest BCUT2D eigenvalue weighted by atomic mass is 9.84. The maximum absolute atomic E-state index is 10.9. The summed E-state index contributed by atoms with van der Waals surface area (Å²) in [7, 11) is 0. The van der Waals surface area contributed by atoms with Gasteiger partial charge in [0.2, 0.25) is 0 Å². The Labute approximate surface area is 78.4 Å². The number of carbonyl (C=O) groups excluding carboxylic acids is 1. The molecule has 0 radical (unpaired) electrons. The van der Waals surface area contributed by atoms with Crippen molar-refractivity contribution in [1.29, 1.82) is 0 Å². The zero-order valence-corrected chi connectivity index (χ0v) is 7.99. The van der Waals surface area contributed by atoms with Gasteiger partial charge in [0.25, 0.3) is 0 Å². The first kappa shape index (κ1) is 8.85. The third-order valence-corrected chi connectivity index (χ3v) is 3.09. The second kappa shape index (κ2) is 3.56. The molecule has 0 N–H and O–H groups in total. The fraction of sp³-hybridized carbons (Fsp3) is 0.900. The summed E-state index contributed by atoms with van der Waals surface area (Å²) < 4.78 is 10.1. The third-order valence-electron chi connectivity index (χ3n) is 3.09. The van der Waals surface area contributed by atoms with Crippen LogP contribution in [0, 0.1) is 5.92 Å². The highest BCUT2D eigenvalue weighted by Crippen LogP contribution is 2.32. The van der Waals surface area contributed by atoms with Crippen LogP contribution in [-0.2, 0) is 9.47 Å². The first-order chi connectivity index (χ1) is 6.27. The molecule has 3 nitrogen and oxygen atoms in total. The summed E-state index contributed by atoms with van der Waals surface area (Å²) in [6.45, 7) is 1.92. The number of rotatable bonds is 1. The topological polar surface area (TPSA) is 35.5 Å². The summed E-state index contributed by atoms with van der Waals surface area (Å²) >= 11 is 0. The van der Waals surface area contributed by atoms with E-state index in [0.717, 1.165) is 0 Å². The molecule has 74 valence electrons. The van der Waals surface area contributed by atoms with Crippen molar-refractivity contribution in [2.45, 2.75) is 51.2 Å². The van der Waals surface area contributed by atoms with E-state index < -0.39 is 6.16 Å². The zero-order chi connectivity index (χ0) is 9.26. The molecule has 0 aromatic rings. The summed E-state index contributed by atoms with van der Waals surface area (Å²) in [5, 5.41) is 0. The van der Waals surface area contributed by atoms with E-state index in [0.29, 0.717) is 5.92 Å². The fourth-order valence-corrected chi connectivity index (χ4v) is 2.40. The van der Waals surface area contributed by atoms with E-state index in [1.807, 2.05) is 6.92 Å². The Morgan fingerprint density at radius 2 is 1.85 bits per heavy atom. The maximum atomic E-state index is 10.9. The van der Waals surface area contributed by atoms with Gasteiger partial charge in [-0.2, -0.15) is 0 Å². The number of cyclic esters (lactones) is 2. The van der Waals surface area contributed by atoms with Gasteiger partial charge in [-0.05, 0) is 25.7 Å². The van der Waals surface area contributed by atoms with Gasteiger partial charge in [-0.3, -0.25) is 0 Å². The van der Waals surface area contributed by atoms with Crippen molar-refractivity contribution in [2.75, 3.05) is 0 Å². The summed E-state index contributed by atoms with van der Waals surface area (Å²) in [6, 6.07) is 0. The first-order valence-electron chi connectivity index (χ1n) is 5.14. The second-order valence-electron chi connectivity index (χ2n) is 4.05. The van der Waals surface area contributed by atoms with Gasteiger partial charge < -0.3 is 9.47 Å². The summed E-state index contributed by atoms with van der Waals surface area (Å²) in [6.07, 6.45) is 5.73.